The smallest absolute Gasteiger partial charge is 0.143 e. The molecule has 0 saturated heterocycles. The van der Waals surface area contributed by atoms with Crippen molar-refractivity contribution in [1.29, 1.82) is 0 Å². The number of unbranched alkanes of at least 4 members (excludes halogenated alkanes) is 3. The lowest BCUT2D eigenvalue weighted by Crippen LogP contribution is -2.12. The van der Waals surface area contributed by atoms with E-state index in [1.165, 1.54) is 25.3 Å². The van der Waals surface area contributed by atoms with Gasteiger partial charge in [-0.15, -0.1) is 0 Å². The van der Waals surface area contributed by atoms with Crippen LogP contribution in [-0.4, -0.2) is 6.10 Å². The first-order valence-corrected chi connectivity index (χ1v) is 7.25. The van der Waals surface area contributed by atoms with Gasteiger partial charge in [-0.25, -0.2) is 4.39 Å². The Morgan fingerprint density at radius 1 is 1.33 bits per heavy atom. The van der Waals surface area contributed by atoms with Gasteiger partial charge in [0.2, 0.25) is 0 Å². The molecule has 2 N–H and O–H groups in total. The summed E-state index contributed by atoms with van der Waals surface area (Å²) in [5.41, 5.74) is 6.07. The normalized spacial score (nSPS) is 12.4. The number of ether oxygens (including phenoxy) is 1. The van der Waals surface area contributed by atoms with Gasteiger partial charge in [0.25, 0.3) is 0 Å². The molecule has 1 rings (SSSR count). The predicted molar refractivity (Wildman–Crippen MR) is 77.4 cm³/mol. The van der Waals surface area contributed by atoms with E-state index in [4.69, 9.17) is 10.5 Å². The highest BCUT2D eigenvalue weighted by Gasteiger charge is 2.10. The number of halogens is 2. The fourth-order valence-corrected chi connectivity index (χ4v) is 2.10. The summed E-state index contributed by atoms with van der Waals surface area (Å²) in [5.74, 6) is 0.182. The van der Waals surface area contributed by atoms with Crippen LogP contribution in [0, 0.1) is 5.82 Å². The van der Waals surface area contributed by atoms with E-state index >= 15 is 0 Å². The Morgan fingerprint density at radius 2 is 2.06 bits per heavy atom. The lowest BCUT2D eigenvalue weighted by atomic mass is 10.1. The van der Waals surface area contributed by atoms with Gasteiger partial charge in [-0.2, -0.15) is 0 Å². The second-order valence-electron chi connectivity index (χ2n) is 4.58. The third kappa shape index (κ3) is 4.84. The molecule has 18 heavy (non-hydrogen) atoms. The topological polar surface area (TPSA) is 35.2 Å². The maximum Gasteiger partial charge on any atom is 0.143 e. The highest BCUT2D eigenvalue weighted by atomic mass is 79.9. The Bertz CT molecular complexity index is 384. The summed E-state index contributed by atoms with van der Waals surface area (Å²) in [6.07, 6.45) is 5.96. The van der Waals surface area contributed by atoms with E-state index in [2.05, 4.69) is 22.9 Å². The van der Waals surface area contributed by atoms with Crippen molar-refractivity contribution >= 4 is 21.6 Å². The number of rotatable bonds is 7. The van der Waals surface area contributed by atoms with E-state index in [9.17, 15) is 4.39 Å². The molecule has 4 heteroatoms. The van der Waals surface area contributed by atoms with Crippen molar-refractivity contribution in [3.05, 3.63) is 22.4 Å². The molecule has 0 amide bonds. The van der Waals surface area contributed by atoms with Crippen LogP contribution in [0.4, 0.5) is 10.1 Å². The Morgan fingerprint density at radius 3 is 2.72 bits per heavy atom. The number of anilines is 1. The molecule has 0 heterocycles. The first-order valence-electron chi connectivity index (χ1n) is 6.45. The molecule has 2 nitrogen and oxygen atoms in total. The third-order valence-corrected chi connectivity index (χ3v) is 3.45. The maximum atomic E-state index is 13.2. The van der Waals surface area contributed by atoms with E-state index < -0.39 is 0 Å². The zero-order chi connectivity index (χ0) is 13.5. The van der Waals surface area contributed by atoms with Crippen molar-refractivity contribution in [3.63, 3.8) is 0 Å². The van der Waals surface area contributed by atoms with E-state index in [1.54, 1.807) is 6.07 Å². The van der Waals surface area contributed by atoms with Crippen LogP contribution in [0.2, 0.25) is 0 Å². The van der Waals surface area contributed by atoms with Crippen LogP contribution in [0.5, 0.6) is 5.75 Å². The Hall–Kier alpha value is -0.770. The van der Waals surface area contributed by atoms with Crippen LogP contribution in [0.1, 0.15) is 46.0 Å². The highest BCUT2D eigenvalue weighted by Crippen LogP contribution is 2.29. The standard InChI is InChI=1S/C14H21BrFNO/c1-3-4-5-6-7-10(2)18-14-8-11(15)12(16)9-13(14)17/h8-10H,3-7,17H2,1-2H3. The summed E-state index contributed by atoms with van der Waals surface area (Å²) in [5, 5.41) is 0. The summed E-state index contributed by atoms with van der Waals surface area (Å²) in [4.78, 5) is 0. The zero-order valence-corrected chi connectivity index (χ0v) is 12.6. The van der Waals surface area contributed by atoms with Crippen molar-refractivity contribution in [2.75, 3.05) is 5.73 Å². The predicted octanol–water partition coefficient (Wildman–Crippen LogP) is 4.91. The molecule has 0 spiro atoms. The second-order valence-corrected chi connectivity index (χ2v) is 5.44. The van der Waals surface area contributed by atoms with Crippen molar-refractivity contribution < 1.29 is 9.13 Å². The fourth-order valence-electron chi connectivity index (χ4n) is 1.78. The molecule has 0 radical (unpaired) electrons. The highest BCUT2D eigenvalue weighted by molar-refractivity contribution is 9.10. The fraction of sp³-hybridized carbons (Fsp3) is 0.571. The van der Waals surface area contributed by atoms with Crippen LogP contribution in [0.3, 0.4) is 0 Å². The van der Waals surface area contributed by atoms with Crippen LogP contribution < -0.4 is 10.5 Å². The SMILES string of the molecule is CCCCCCC(C)Oc1cc(Br)c(F)cc1N. The Balaban J connectivity index is 2.48. The molecule has 1 aromatic carbocycles. The first-order chi connectivity index (χ1) is 8.54. The molecule has 0 aliphatic heterocycles. The number of benzene rings is 1. The summed E-state index contributed by atoms with van der Waals surface area (Å²) in [6, 6.07) is 2.87. The van der Waals surface area contributed by atoms with Crippen molar-refractivity contribution in [3.8, 4) is 5.75 Å². The minimum absolute atomic E-state index is 0.0986. The molecule has 0 aliphatic carbocycles. The summed E-state index contributed by atoms with van der Waals surface area (Å²) in [6.45, 7) is 4.21. The average Bonchev–Trinajstić information content (AvgIpc) is 2.32. The van der Waals surface area contributed by atoms with Crippen molar-refractivity contribution in [2.24, 2.45) is 0 Å². The molecule has 102 valence electrons. The quantitative estimate of drug-likeness (QED) is 0.573. The molecule has 0 fully saturated rings. The molecule has 1 unspecified atom stereocenters. The third-order valence-electron chi connectivity index (χ3n) is 2.85. The average molecular weight is 318 g/mol. The number of nitrogen functional groups attached to an aromatic ring is 1. The van der Waals surface area contributed by atoms with E-state index in [1.807, 2.05) is 6.92 Å². The van der Waals surface area contributed by atoms with Crippen molar-refractivity contribution in [2.45, 2.75) is 52.1 Å². The van der Waals surface area contributed by atoms with Crippen LogP contribution in [0.15, 0.2) is 16.6 Å². The molecular weight excluding hydrogens is 297 g/mol. The molecular formula is C14H21BrFNO. The number of hydrogen-bond donors (Lipinski definition) is 1. The minimum atomic E-state index is -0.365. The molecule has 1 aromatic rings. The molecule has 0 bridgehead atoms. The van der Waals surface area contributed by atoms with Crippen molar-refractivity contribution in [1.82, 2.24) is 0 Å². The lowest BCUT2D eigenvalue weighted by Gasteiger charge is -2.16. The van der Waals surface area contributed by atoms with Crippen LogP contribution >= 0.6 is 15.9 Å². The van der Waals surface area contributed by atoms with Gasteiger partial charge >= 0.3 is 0 Å². The Kier molecular flexibility index (Phi) is 6.47. The van der Waals surface area contributed by atoms with E-state index in [-0.39, 0.29) is 11.9 Å². The molecule has 0 aromatic heterocycles. The monoisotopic (exact) mass is 317 g/mol. The summed E-state index contributed by atoms with van der Waals surface area (Å²) >= 11 is 3.13. The first kappa shape index (κ1) is 15.3. The molecule has 0 saturated carbocycles. The second kappa shape index (κ2) is 7.62. The van der Waals surface area contributed by atoms with Crippen LogP contribution in [-0.2, 0) is 0 Å². The maximum absolute atomic E-state index is 13.2. The Labute approximate surface area is 117 Å². The van der Waals surface area contributed by atoms with Crippen LogP contribution in [0.25, 0.3) is 0 Å². The van der Waals surface area contributed by atoms with Gasteiger partial charge in [0.15, 0.2) is 0 Å². The van der Waals surface area contributed by atoms with E-state index in [0.717, 1.165) is 12.8 Å². The van der Waals surface area contributed by atoms with Gasteiger partial charge < -0.3 is 10.5 Å². The van der Waals surface area contributed by atoms with E-state index in [0.29, 0.717) is 15.9 Å². The lowest BCUT2D eigenvalue weighted by molar-refractivity contribution is 0.207. The number of hydrogen-bond acceptors (Lipinski definition) is 2. The molecule has 1 atom stereocenters. The molecule has 0 aliphatic rings. The van der Waals surface area contributed by atoms with Gasteiger partial charge in [0.1, 0.15) is 11.6 Å². The largest absolute Gasteiger partial charge is 0.489 e. The summed E-state index contributed by atoms with van der Waals surface area (Å²) in [7, 11) is 0. The zero-order valence-electron chi connectivity index (χ0n) is 11.0. The van der Waals surface area contributed by atoms with Gasteiger partial charge in [0, 0.05) is 6.07 Å². The minimum Gasteiger partial charge on any atom is -0.489 e. The number of nitrogens with two attached hydrogens (primary N) is 1. The van der Waals surface area contributed by atoms with Gasteiger partial charge in [-0.1, -0.05) is 26.2 Å². The summed E-state index contributed by atoms with van der Waals surface area (Å²) < 4.78 is 19.3. The van der Waals surface area contributed by atoms with Gasteiger partial charge in [-0.3, -0.25) is 0 Å². The van der Waals surface area contributed by atoms with Gasteiger partial charge in [0.05, 0.1) is 16.3 Å². The van der Waals surface area contributed by atoms with Gasteiger partial charge in [-0.05, 0) is 41.8 Å².